The van der Waals surface area contributed by atoms with Gasteiger partial charge in [-0.05, 0) is 37.5 Å². The van der Waals surface area contributed by atoms with Gasteiger partial charge in [0.05, 0.1) is 5.69 Å². The second kappa shape index (κ2) is 4.01. The summed E-state index contributed by atoms with van der Waals surface area (Å²) in [5.41, 5.74) is 1.15. The molecule has 15 heavy (non-hydrogen) atoms. The lowest BCUT2D eigenvalue weighted by Crippen LogP contribution is -2.28. The highest BCUT2D eigenvalue weighted by Gasteiger charge is 2.25. The Hall–Kier alpha value is -1.38. The normalized spacial score (nSPS) is 15.9. The molecule has 3 heteroatoms. The number of carbonyl (C=O) groups is 1. The Labute approximate surface area is 88.5 Å². The van der Waals surface area contributed by atoms with Gasteiger partial charge in [-0.2, -0.15) is 0 Å². The molecule has 1 aromatic rings. The molecular weight excluding hydrogens is 193 g/mol. The van der Waals surface area contributed by atoms with Crippen LogP contribution in [-0.2, 0) is 4.79 Å². The van der Waals surface area contributed by atoms with E-state index in [0.717, 1.165) is 24.8 Å². The van der Waals surface area contributed by atoms with Crippen molar-refractivity contribution in [3.63, 3.8) is 0 Å². The van der Waals surface area contributed by atoms with Gasteiger partial charge in [-0.25, -0.2) is 4.39 Å². The fraction of sp³-hybridized carbons (Fsp3) is 0.417. The van der Waals surface area contributed by atoms with E-state index in [2.05, 4.69) is 5.32 Å². The molecular formula is C12H14FNO. The molecule has 0 unspecified atom stereocenters. The summed E-state index contributed by atoms with van der Waals surface area (Å²) in [6.07, 6.45) is 2.97. The van der Waals surface area contributed by atoms with E-state index in [1.807, 2.05) is 6.92 Å². The molecule has 0 saturated heterocycles. The fourth-order valence-corrected chi connectivity index (χ4v) is 1.63. The van der Waals surface area contributed by atoms with E-state index < -0.39 is 0 Å². The van der Waals surface area contributed by atoms with Gasteiger partial charge < -0.3 is 5.32 Å². The summed E-state index contributed by atoms with van der Waals surface area (Å²) in [4.78, 5) is 11.6. The van der Waals surface area contributed by atoms with Crippen LogP contribution in [0.4, 0.5) is 10.1 Å². The van der Waals surface area contributed by atoms with Gasteiger partial charge in [0.25, 0.3) is 0 Å². The predicted molar refractivity (Wildman–Crippen MR) is 57.1 cm³/mol. The summed E-state index contributed by atoms with van der Waals surface area (Å²) in [5.74, 6) is -0.322. The number of rotatable bonds is 2. The Morgan fingerprint density at radius 1 is 1.47 bits per heavy atom. The second-order valence-corrected chi connectivity index (χ2v) is 4.10. The molecule has 1 amide bonds. The first-order valence-electron chi connectivity index (χ1n) is 5.24. The summed E-state index contributed by atoms with van der Waals surface area (Å²) in [6.45, 7) is 1.82. The van der Waals surface area contributed by atoms with E-state index in [1.54, 1.807) is 12.1 Å². The number of anilines is 1. The Balaban J connectivity index is 2.06. The molecule has 0 atom stereocenters. The van der Waals surface area contributed by atoms with E-state index in [0.29, 0.717) is 0 Å². The number of hydrogen-bond donors (Lipinski definition) is 1. The maximum absolute atomic E-state index is 13.4. The van der Waals surface area contributed by atoms with Crippen LogP contribution in [0.5, 0.6) is 0 Å². The van der Waals surface area contributed by atoms with Crippen molar-refractivity contribution < 1.29 is 9.18 Å². The van der Waals surface area contributed by atoms with Gasteiger partial charge in [0.15, 0.2) is 0 Å². The maximum Gasteiger partial charge on any atom is 0.227 e. The average Bonchev–Trinajstić information content (AvgIpc) is 2.07. The van der Waals surface area contributed by atoms with E-state index >= 15 is 0 Å². The highest BCUT2D eigenvalue weighted by atomic mass is 19.1. The number of amides is 1. The molecule has 0 spiro atoms. The van der Waals surface area contributed by atoms with Crippen LogP contribution in [-0.4, -0.2) is 5.91 Å². The predicted octanol–water partition coefficient (Wildman–Crippen LogP) is 2.87. The monoisotopic (exact) mass is 207 g/mol. The third-order valence-corrected chi connectivity index (χ3v) is 2.86. The number of aryl methyl sites for hydroxylation is 1. The average molecular weight is 207 g/mol. The first-order chi connectivity index (χ1) is 7.16. The molecule has 1 aliphatic carbocycles. The van der Waals surface area contributed by atoms with Crippen molar-refractivity contribution in [1.82, 2.24) is 0 Å². The molecule has 2 rings (SSSR count). The molecule has 1 N–H and O–H groups in total. The van der Waals surface area contributed by atoms with Crippen molar-refractivity contribution in [1.29, 1.82) is 0 Å². The van der Waals surface area contributed by atoms with Gasteiger partial charge in [0, 0.05) is 5.92 Å². The van der Waals surface area contributed by atoms with E-state index in [4.69, 9.17) is 0 Å². The van der Waals surface area contributed by atoms with E-state index in [1.165, 1.54) is 6.07 Å². The van der Waals surface area contributed by atoms with Crippen LogP contribution in [0.1, 0.15) is 24.8 Å². The third-order valence-electron chi connectivity index (χ3n) is 2.86. The van der Waals surface area contributed by atoms with Gasteiger partial charge >= 0.3 is 0 Å². The molecule has 1 aliphatic rings. The van der Waals surface area contributed by atoms with Gasteiger partial charge in [-0.3, -0.25) is 4.79 Å². The van der Waals surface area contributed by atoms with Crippen molar-refractivity contribution in [2.24, 2.45) is 5.92 Å². The van der Waals surface area contributed by atoms with Crippen molar-refractivity contribution in [3.05, 3.63) is 29.6 Å². The molecule has 0 aliphatic heterocycles. The fourth-order valence-electron chi connectivity index (χ4n) is 1.63. The van der Waals surface area contributed by atoms with Crippen LogP contribution >= 0.6 is 0 Å². The maximum atomic E-state index is 13.4. The van der Waals surface area contributed by atoms with E-state index in [9.17, 15) is 9.18 Å². The molecule has 80 valence electrons. The third kappa shape index (κ3) is 2.17. The topological polar surface area (TPSA) is 29.1 Å². The van der Waals surface area contributed by atoms with Crippen LogP contribution in [0, 0.1) is 18.7 Å². The summed E-state index contributed by atoms with van der Waals surface area (Å²) in [6, 6.07) is 4.83. The molecule has 1 saturated carbocycles. The summed E-state index contributed by atoms with van der Waals surface area (Å²) >= 11 is 0. The van der Waals surface area contributed by atoms with Crippen LogP contribution in [0.3, 0.4) is 0 Å². The highest BCUT2D eigenvalue weighted by Crippen LogP contribution is 2.28. The van der Waals surface area contributed by atoms with Crippen LogP contribution < -0.4 is 5.32 Å². The molecule has 1 aromatic carbocycles. The lowest BCUT2D eigenvalue weighted by Gasteiger charge is -2.24. The zero-order chi connectivity index (χ0) is 10.8. The molecule has 0 radical (unpaired) electrons. The number of hydrogen-bond acceptors (Lipinski definition) is 1. The summed E-state index contributed by atoms with van der Waals surface area (Å²) < 4.78 is 13.4. The lowest BCUT2D eigenvalue weighted by molar-refractivity contribution is -0.122. The smallest absolute Gasteiger partial charge is 0.227 e. The number of benzene rings is 1. The molecule has 0 bridgehead atoms. The Kier molecular flexibility index (Phi) is 2.71. The quantitative estimate of drug-likeness (QED) is 0.793. The van der Waals surface area contributed by atoms with Gasteiger partial charge in [-0.15, -0.1) is 0 Å². The van der Waals surface area contributed by atoms with E-state index in [-0.39, 0.29) is 23.3 Å². The molecule has 2 nitrogen and oxygen atoms in total. The number of nitrogens with one attached hydrogen (secondary N) is 1. The van der Waals surface area contributed by atoms with Crippen LogP contribution in [0.15, 0.2) is 18.2 Å². The number of carbonyl (C=O) groups excluding carboxylic acids is 1. The van der Waals surface area contributed by atoms with Gasteiger partial charge in [0.2, 0.25) is 5.91 Å². The van der Waals surface area contributed by atoms with Crippen molar-refractivity contribution in [2.75, 3.05) is 5.32 Å². The van der Waals surface area contributed by atoms with Crippen molar-refractivity contribution in [3.8, 4) is 0 Å². The zero-order valence-corrected chi connectivity index (χ0v) is 8.72. The SMILES string of the molecule is Cc1ccc(NC(=O)C2CCC2)c(F)c1. The highest BCUT2D eigenvalue weighted by molar-refractivity contribution is 5.93. The Morgan fingerprint density at radius 2 is 2.20 bits per heavy atom. The minimum Gasteiger partial charge on any atom is -0.323 e. The van der Waals surface area contributed by atoms with Crippen LogP contribution in [0.2, 0.25) is 0 Å². The Bertz CT molecular complexity index is 385. The van der Waals surface area contributed by atoms with Gasteiger partial charge in [0.1, 0.15) is 5.82 Å². The first kappa shape index (κ1) is 10.1. The van der Waals surface area contributed by atoms with Crippen molar-refractivity contribution in [2.45, 2.75) is 26.2 Å². The van der Waals surface area contributed by atoms with Crippen molar-refractivity contribution >= 4 is 11.6 Å². The minimum atomic E-state index is -0.359. The molecule has 0 aromatic heterocycles. The minimum absolute atomic E-state index is 0.0518. The second-order valence-electron chi connectivity index (χ2n) is 4.10. The van der Waals surface area contributed by atoms with Crippen LogP contribution in [0.25, 0.3) is 0 Å². The lowest BCUT2D eigenvalue weighted by atomic mass is 9.85. The molecule has 1 fully saturated rings. The Morgan fingerprint density at radius 3 is 2.73 bits per heavy atom. The largest absolute Gasteiger partial charge is 0.323 e. The zero-order valence-electron chi connectivity index (χ0n) is 8.72. The number of halogens is 1. The summed E-state index contributed by atoms with van der Waals surface area (Å²) in [7, 11) is 0. The van der Waals surface area contributed by atoms with Gasteiger partial charge in [-0.1, -0.05) is 12.5 Å². The molecule has 0 heterocycles. The standard InChI is InChI=1S/C12H14FNO/c1-8-5-6-11(10(13)7-8)14-12(15)9-3-2-4-9/h5-7,9H,2-4H2,1H3,(H,14,15). The summed E-state index contributed by atoms with van der Waals surface area (Å²) in [5, 5.41) is 2.63. The first-order valence-corrected chi connectivity index (χ1v) is 5.24.